The van der Waals surface area contributed by atoms with E-state index in [4.69, 9.17) is 4.42 Å². The molecule has 1 rings (SSSR count). The molecule has 0 aromatic carbocycles. The summed E-state index contributed by atoms with van der Waals surface area (Å²) in [6, 6.07) is 0.202. The predicted molar refractivity (Wildman–Crippen MR) is 66.4 cm³/mol. The van der Waals surface area contributed by atoms with Crippen LogP contribution in [0.25, 0.3) is 0 Å². The average Bonchev–Trinajstić information content (AvgIpc) is 2.59. The average molecular weight is 224 g/mol. The maximum atomic E-state index is 5.74. The molecule has 1 unspecified atom stereocenters. The fourth-order valence-electron chi connectivity index (χ4n) is 1.58. The van der Waals surface area contributed by atoms with E-state index >= 15 is 0 Å². The van der Waals surface area contributed by atoms with Gasteiger partial charge >= 0.3 is 0 Å². The molecule has 0 saturated heterocycles. The SMILES string of the molecule is CCCNC(C)c1ncc(CC(C)(C)C)o1. The predicted octanol–water partition coefficient (Wildman–Crippen LogP) is 3.32. The standard InChI is InChI=1S/C13H24N2O/c1-6-7-14-10(2)12-15-9-11(16-12)8-13(3,4)5/h9-10,14H,6-8H2,1-5H3. The van der Waals surface area contributed by atoms with E-state index in [0.717, 1.165) is 31.0 Å². The number of nitrogens with one attached hydrogen (secondary N) is 1. The monoisotopic (exact) mass is 224 g/mol. The molecule has 1 N–H and O–H groups in total. The van der Waals surface area contributed by atoms with E-state index in [9.17, 15) is 0 Å². The first-order valence-corrected chi connectivity index (χ1v) is 6.10. The van der Waals surface area contributed by atoms with Gasteiger partial charge in [-0.25, -0.2) is 4.98 Å². The quantitative estimate of drug-likeness (QED) is 0.833. The minimum Gasteiger partial charge on any atom is -0.444 e. The Morgan fingerprint density at radius 1 is 1.44 bits per heavy atom. The van der Waals surface area contributed by atoms with E-state index in [-0.39, 0.29) is 11.5 Å². The molecular weight excluding hydrogens is 200 g/mol. The van der Waals surface area contributed by atoms with E-state index < -0.39 is 0 Å². The van der Waals surface area contributed by atoms with Gasteiger partial charge in [0.2, 0.25) is 5.89 Å². The third-order valence-corrected chi connectivity index (χ3v) is 2.35. The summed E-state index contributed by atoms with van der Waals surface area (Å²) < 4.78 is 5.74. The molecule has 3 heteroatoms. The minimum absolute atomic E-state index is 0.202. The highest BCUT2D eigenvalue weighted by Crippen LogP contribution is 2.22. The summed E-state index contributed by atoms with van der Waals surface area (Å²) in [4.78, 5) is 4.32. The Labute approximate surface area is 98.6 Å². The van der Waals surface area contributed by atoms with Crippen molar-refractivity contribution in [3.8, 4) is 0 Å². The van der Waals surface area contributed by atoms with Crippen molar-refractivity contribution in [2.75, 3.05) is 6.54 Å². The van der Waals surface area contributed by atoms with Crippen LogP contribution >= 0.6 is 0 Å². The Morgan fingerprint density at radius 3 is 2.69 bits per heavy atom. The fraction of sp³-hybridized carbons (Fsp3) is 0.769. The molecule has 3 nitrogen and oxygen atoms in total. The summed E-state index contributed by atoms with van der Waals surface area (Å²) in [7, 11) is 0. The Hall–Kier alpha value is -0.830. The zero-order valence-electron chi connectivity index (χ0n) is 11.1. The summed E-state index contributed by atoms with van der Waals surface area (Å²) in [5.41, 5.74) is 0.247. The molecule has 1 heterocycles. The molecule has 0 amide bonds. The van der Waals surface area contributed by atoms with Gasteiger partial charge in [-0.3, -0.25) is 0 Å². The Bertz CT molecular complexity index is 312. The first-order chi connectivity index (χ1) is 7.42. The van der Waals surface area contributed by atoms with Gasteiger partial charge in [-0.1, -0.05) is 27.7 Å². The molecule has 0 radical (unpaired) electrons. The maximum Gasteiger partial charge on any atom is 0.211 e. The van der Waals surface area contributed by atoms with Crippen LogP contribution in [0, 0.1) is 5.41 Å². The highest BCUT2D eigenvalue weighted by molar-refractivity contribution is 4.99. The lowest BCUT2D eigenvalue weighted by Gasteiger charge is -2.15. The van der Waals surface area contributed by atoms with E-state index in [2.05, 4.69) is 44.9 Å². The van der Waals surface area contributed by atoms with Gasteiger partial charge in [-0.05, 0) is 25.3 Å². The van der Waals surface area contributed by atoms with Gasteiger partial charge in [-0.15, -0.1) is 0 Å². The number of rotatable bonds is 5. The van der Waals surface area contributed by atoms with E-state index in [1.54, 1.807) is 0 Å². The van der Waals surface area contributed by atoms with Crippen molar-refractivity contribution in [2.45, 2.75) is 53.5 Å². The van der Waals surface area contributed by atoms with Crippen LogP contribution in [0.2, 0.25) is 0 Å². The number of nitrogens with zero attached hydrogens (tertiary/aromatic N) is 1. The largest absolute Gasteiger partial charge is 0.444 e. The first kappa shape index (κ1) is 13.2. The number of hydrogen-bond acceptors (Lipinski definition) is 3. The highest BCUT2D eigenvalue weighted by Gasteiger charge is 2.16. The van der Waals surface area contributed by atoms with Crippen molar-refractivity contribution in [1.82, 2.24) is 10.3 Å². The van der Waals surface area contributed by atoms with Crippen LogP contribution in [-0.4, -0.2) is 11.5 Å². The maximum absolute atomic E-state index is 5.74. The van der Waals surface area contributed by atoms with Gasteiger partial charge in [0.15, 0.2) is 0 Å². The van der Waals surface area contributed by atoms with Gasteiger partial charge in [0, 0.05) is 6.42 Å². The molecule has 0 aliphatic rings. The molecule has 1 aromatic heterocycles. The lowest BCUT2D eigenvalue weighted by Crippen LogP contribution is -2.19. The summed E-state index contributed by atoms with van der Waals surface area (Å²) in [5, 5.41) is 3.37. The number of oxazole rings is 1. The van der Waals surface area contributed by atoms with E-state index in [1.807, 2.05) is 6.20 Å². The lowest BCUT2D eigenvalue weighted by molar-refractivity contribution is 0.337. The van der Waals surface area contributed by atoms with Gasteiger partial charge in [0.1, 0.15) is 5.76 Å². The molecule has 0 spiro atoms. The molecule has 0 aliphatic heterocycles. The van der Waals surface area contributed by atoms with Crippen LogP contribution in [0.3, 0.4) is 0 Å². The molecule has 1 aromatic rings. The lowest BCUT2D eigenvalue weighted by atomic mass is 9.91. The highest BCUT2D eigenvalue weighted by atomic mass is 16.4. The van der Waals surface area contributed by atoms with Crippen molar-refractivity contribution in [3.05, 3.63) is 17.8 Å². The Kier molecular flexibility index (Phi) is 4.54. The van der Waals surface area contributed by atoms with Crippen molar-refractivity contribution in [1.29, 1.82) is 0 Å². The second-order valence-electron chi connectivity index (χ2n) is 5.58. The normalized spacial score (nSPS) is 14.1. The molecular formula is C13H24N2O. The second-order valence-corrected chi connectivity index (χ2v) is 5.58. The van der Waals surface area contributed by atoms with Crippen molar-refractivity contribution < 1.29 is 4.42 Å². The van der Waals surface area contributed by atoms with E-state index in [1.165, 1.54) is 0 Å². The summed E-state index contributed by atoms with van der Waals surface area (Å²) in [5.74, 6) is 1.78. The zero-order valence-corrected chi connectivity index (χ0v) is 11.1. The minimum atomic E-state index is 0.202. The van der Waals surface area contributed by atoms with Crippen LogP contribution in [0.15, 0.2) is 10.6 Å². The van der Waals surface area contributed by atoms with Crippen LogP contribution in [0.4, 0.5) is 0 Å². The molecule has 0 bridgehead atoms. The summed E-state index contributed by atoms with van der Waals surface area (Å²) in [6.45, 7) is 11.8. The van der Waals surface area contributed by atoms with Crippen LogP contribution < -0.4 is 5.32 Å². The number of hydrogen-bond donors (Lipinski definition) is 1. The third-order valence-electron chi connectivity index (χ3n) is 2.35. The van der Waals surface area contributed by atoms with Crippen molar-refractivity contribution in [3.63, 3.8) is 0 Å². The van der Waals surface area contributed by atoms with Gasteiger partial charge in [-0.2, -0.15) is 0 Å². The Morgan fingerprint density at radius 2 is 2.12 bits per heavy atom. The van der Waals surface area contributed by atoms with Crippen molar-refractivity contribution >= 4 is 0 Å². The van der Waals surface area contributed by atoms with Crippen molar-refractivity contribution in [2.24, 2.45) is 5.41 Å². The van der Waals surface area contributed by atoms with Crippen LogP contribution in [0.5, 0.6) is 0 Å². The van der Waals surface area contributed by atoms with Crippen LogP contribution in [-0.2, 0) is 6.42 Å². The fourth-order valence-corrected chi connectivity index (χ4v) is 1.58. The van der Waals surface area contributed by atoms with Gasteiger partial charge in [0.05, 0.1) is 12.2 Å². The third kappa shape index (κ3) is 4.35. The smallest absolute Gasteiger partial charge is 0.211 e. The summed E-state index contributed by atoms with van der Waals surface area (Å²) >= 11 is 0. The van der Waals surface area contributed by atoms with Gasteiger partial charge < -0.3 is 9.73 Å². The van der Waals surface area contributed by atoms with Crippen LogP contribution in [0.1, 0.15) is 58.7 Å². The Balaban J connectivity index is 2.57. The molecule has 0 saturated carbocycles. The second kappa shape index (κ2) is 5.48. The molecule has 1 atom stereocenters. The zero-order chi connectivity index (χ0) is 12.2. The molecule has 92 valence electrons. The molecule has 16 heavy (non-hydrogen) atoms. The first-order valence-electron chi connectivity index (χ1n) is 6.10. The summed E-state index contributed by atoms with van der Waals surface area (Å²) in [6.07, 6.45) is 3.91. The molecule has 0 aliphatic carbocycles. The van der Waals surface area contributed by atoms with Gasteiger partial charge in [0.25, 0.3) is 0 Å². The van der Waals surface area contributed by atoms with E-state index in [0.29, 0.717) is 0 Å². The topological polar surface area (TPSA) is 38.1 Å². The number of aromatic nitrogens is 1. The molecule has 0 fully saturated rings.